The van der Waals surface area contributed by atoms with Crippen LogP contribution in [0.25, 0.3) is 11.3 Å². The Morgan fingerprint density at radius 1 is 1.21 bits per heavy atom. The molecule has 13 heteroatoms. The molecule has 0 aliphatic carbocycles. The van der Waals surface area contributed by atoms with Gasteiger partial charge in [0.1, 0.15) is 36.1 Å². The van der Waals surface area contributed by atoms with E-state index < -0.39 is 11.7 Å². The average Bonchev–Trinajstić information content (AvgIpc) is 3.30. The van der Waals surface area contributed by atoms with Crippen molar-refractivity contribution in [3.63, 3.8) is 0 Å². The van der Waals surface area contributed by atoms with Crippen molar-refractivity contribution in [2.24, 2.45) is 0 Å². The van der Waals surface area contributed by atoms with Gasteiger partial charge in [-0.05, 0) is 12.1 Å². The van der Waals surface area contributed by atoms with Crippen LogP contribution < -0.4 is 20.1 Å². The summed E-state index contributed by atoms with van der Waals surface area (Å²) >= 11 is 0. The molecule has 10 nitrogen and oxygen atoms in total. The topological polar surface area (TPSA) is 130 Å². The number of methoxy groups -OCH3 is 1. The zero-order valence-electron chi connectivity index (χ0n) is 17.9. The smallest absolute Gasteiger partial charge is 0.416 e. The van der Waals surface area contributed by atoms with Gasteiger partial charge in [0.15, 0.2) is 11.5 Å². The van der Waals surface area contributed by atoms with Crippen LogP contribution in [0.4, 0.5) is 24.8 Å². The van der Waals surface area contributed by atoms with Crippen LogP contribution in [0.15, 0.2) is 30.6 Å². The predicted octanol–water partition coefficient (Wildman–Crippen LogP) is 2.88. The van der Waals surface area contributed by atoms with Gasteiger partial charge >= 0.3 is 6.18 Å². The summed E-state index contributed by atoms with van der Waals surface area (Å²) in [6, 6.07) is 5.26. The molecule has 178 valence electrons. The van der Waals surface area contributed by atoms with Gasteiger partial charge in [0, 0.05) is 19.2 Å². The van der Waals surface area contributed by atoms with Gasteiger partial charge in [0.05, 0.1) is 42.9 Å². The van der Waals surface area contributed by atoms with E-state index in [-0.39, 0.29) is 35.5 Å². The van der Waals surface area contributed by atoms with Crippen LogP contribution >= 0.6 is 0 Å². The molecule has 3 heterocycles. The van der Waals surface area contributed by atoms with E-state index in [0.717, 1.165) is 12.1 Å². The van der Waals surface area contributed by atoms with Gasteiger partial charge in [-0.1, -0.05) is 0 Å². The second-order valence-corrected chi connectivity index (χ2v) is 7.25. The third kappa shape index (κ3) is 5.36. The molecule has 2 aromatic heterocycles. The highest BCUT2D eigenvalue weighted by Gasteiger charge is 2.34. The van der Waals surface area contributed by atoms with Gasteiger partial charge in [-0.25, -0.2) is 9.97 Å². The summed E-state index contributed by atoms with van der Waals surface area (Å²) in [4.78, 5) is 7.97. The molecule has 0 spiro atoms. The lowest BCUT2D eigenvalue weighted by atomic mass is 10.1. The number of H-pyrrole nitrogens is 1. The van der Waals surface area contributed by atoms with Crippen molar-refractivity contribution >= 4 is 11.6 Å². The molecule has 4 rings (SSSR count). The predicted molar refractivity (Wildman–Crippen MR) is 114 cm³/mol. The molecule has 1 aliphatic rings. The molecular weight excluding hydrogens is 455 g/mol. The van der Waals surface area contributed by atoms with E-state index in [0.29, 0.717) is 37.0 Å². The number of hydrogen-bond acceptors (Lipinski definition) is 9. The van der Waals surface area contributed by atoms with Crippen LogP contribution in [-0.4, -0.2) is 59.7 Å². The number of benzene rings is 1. The van der Waals surface area contributed by atoms with Crippen molar-refractivity contribution in [3.8, 4) is 28.8 Å². The first-order valence-corrected chi connectivity index (χ1v) is 10.2. The van der Waals surface area contributed by atoms with Crippen molar-refractivity contribution in [1.29, 1.82) is 5.26 Å². The molecule has 1 unspecified atom stereocenters. The Bertz CT molecular complexity index is 1170. The number of anilines is 2. The number of aromatic amines is 1. The summed E-state index contributed by atoms with van der Waals surface area (Å²) in [6.07, 6.45) is -2.25. The Hall–Kier alpha value is -3.89. The van der Waals surface area contributed by atoms with Crippen molar-refractivity contribution in [2.45, 2.75) is 12.3 Å². The lowest BCUT2D eigenvalue weighted by Gasteiger charge is -2.24. The largest absolute Gasteiger partial charge is 0.496 e. The molecule has 1 atom stereocenters. The first kappa shape index (κ1) is 23.3. The van der Waals surface area contributed by atoms with Crippen LogP contribution in [0.5, 0.6) is 11.5 Å². The summed E-state index contributed by atoms with van der Waals surface area (Å²) in [5.41, 5.74) is -0.128. The number of nitrogens with one attached hydrogen (secondary N) is 3. The third-order valence-electron chi connectivity index (χ3n) is 4.91. The van der Waals surface area contributed by atoms with Gasteiger partial charge < -0.3 is 24.8 Å². The maximum absolute atomic E-state index is 13.5. The number of nitrogens with zero attached hydrogens (tertiary/aromatic N) is 4. The normalized spacial score (nSPS) is 16.0. The minimum atomic E-state index is -4.60. The molecule has 0 amide bonds. The van der Waals surface area contributed by atoms with E-state index in [1.807, 2.05) is 6.07 Å². The van der Waals surface area contributed by atoms with Gasteiger partial charge in [-0.2, -0.15) is 23.5 Å². The second kappa shape index (κ2) is 9.94. The standard InChI is InChI=1S/C21H20F3N7O3/c1-32-16-4-12(21(22,23)24)5-17(34-11-14-9-26-2-3-33-14)20(16)15-6-18(31-30-15)29-19-10-27-13(7-25)8-28-19/h4-6,8,10,14,26H,2-3,9,11H2,1H3,(H2,28,29,30,31). The highest BCUT2D eigenvalue weighted by Crippen LogP contribution is 2.43. The Morgan fingerprint density at radius 3 is 2.68 bits per heavy atom. The number of aromatic nitrogens is 4. The lowest BCUT2D eigenvalue weighted by molar-refractivity contribution is -0.137. The van der Waals surface area contributed by atoms with E-state index in [1.165, 1.54) is 19.5 Å². The number of nitriles is 1. The minimum absolute atomic E-state index is 0.0331. The number of rotatable bonds is 7. The fourth-order valence-electron chi connectivity index (χ4n) is 3.30. The molecule has 0 saturated carbocycles. The molecule has 0 radical (unpaired) electrons. The van der Waals surface area contributed by atoms with Gasteiger partial charge in [-0.15, -0.1) is 0 Å². The zero-order chi connectivity index (χ0) is 24.1. The van der Waals surface area contributed by atoms with Crippen molar-refractivity contribution < 1.29 is 27.4 Å². The zero-order valence-corrected chi connectivity index (χ0v) is 17.9. The van der Waals surface area contributed by atoms with Crippen LogP contribution in [-0.2, 0) is 10.9 Å². The minimum Gasteiger partial charge on any atom is -0.496 e. The number of alkyl halides is 3. The van der Waals surface area contributed by atoms with Crippen LogP contribution in [0.3, 0.4) is 0 Å². The maximum Gasteiger partial charge on any atom is 0.416 e. The molecule has 1 aromatic carbocycles. The summed E-state index contributed by atoms with van der Waals surface area (Å²) < 4.78 is 57.2. The Labute approximate surface area is 192 Å². The average molecular weight is 475 g/mol. The van der Waals surface area contributed by atoms with E-state index in [1.54, 1.807) is 6.07 Å². The van der Waals surface area contributed by atoms with Crippen molar-refractivity contribution in [2.75, 3.05) is 38.7 Å². The van der Waals surface area contributed by atoms with Crippen LogP contribution in [0, 0.1) is 11.3 Å². The number of halogens is 3. The van der Waals surface area contributed by atoms with E-state index >= 15 is 0 Å². The van der Waals surface area contributed by atoms with Gasteiger partial charge in [-0.3, -0.25) is 5.10 Å². The summed E-state index contributed by atoms with van der Waals surface area (Å²) in [6.45, 7) is 1.76. The summed E-state index contributed by atoms with van der Waals surface area (Å²) in [5.74, 6) is 0.576. The molecule has 0 bridgehead atoms. The molecule has 3 aromatic rings. The first-order chi connectivity index (χ1) is 16.4. The van der Waals surface area contributed by atoms with E-state index in [2.05, 4.69) is 30.8 Å². The highest BCUT2D eigenvalue weighted by molar-refractivity contribution is 5.77. The Balaban J connectivity index is 1.65. The fraction of sp³-hybridized carbons (Fsp3) is 0.333. The number of ether oxygens (including phenoxy) is 3. The molecule has 3 N–H and O–H groups in total. The SMILES string of the molecule is COc1cc(C(F)(F)F)cc(OCC2CNCCO2)c1-c1cc(Nc2cnc(C#N)cn2)n[nH]1. The van der Waals surface area contributed by atoms with Gasteiger partial charge in [0.2, 0.25) is 0 Å². The molecule has 1 fully saturated rings. The molecule has 1 aliphatic heterocycles. The molecule has 34 heavy (non-hydrogen) atoms. The summed E-state index contributed by atoms with van der Waals surface area (Å²) in [5, 5.41) is 21.8. The Kier molecular flexibility index (Phi) is 6.80. The fourth-order valence-corrected chi connectivity index (χ4v) is 3.30. The third-order valence-corrected chi connectivity index (χ3v) is 4.91. The number of hydrogen-bond donors (Lipinski definition) is 3. The molecular formula is C21H20F3N7O3. The monoisotopic (exact) mass is 475 g/mol. The van der Waals surface area contributed by atoms with Crippen LogP contribution in [0.2, 0.25) is 0 Å². The number of morpholine rings is 1. The second-order valence-electron chi connectivity index (χ2n) is 7.25. The van der Waals surface area contributed by atoms with E-state index in [4.69, 9.17) is 19.5 Å². The van der Waals surface area contributed by atoms with Crippen molar-refractivity contribution in [3.05, 3.63) is 41.9 Å². The molecule has 1 saturated heterocycles. The maximum atomic E-state index is 13.5. The quantitative estimate of drug-likeness (QED) is 0.472. The van der Waals surface area contributed by atoms with Crippen LogP contribution in [0.1, 0.15) is 11.3 Å². The Morgan fingerprint density at radius 2 is 2.03 bits per heavy atom. The summed E-state index contributed by atoms with van der Waals surface area (Å²) in [7, 11) is 1.28. The lowest BCUT2D eigenvalue weighted by Crippen LogP contribution is -2.41. The highest BCUT2D eigenvalue weighted by atomic mass is 19.4. The van der Waals surface area contributed by atoms with Gasteiger partial charge in [0.25, 0.3) is 0 Å². The van der Waals surface area contributed by atoms with E-state index in [9.17, 15) is 13.2 Å². The first-order valence-electron chi connectivity index (χ1n) is 10.2. The van der Waals surface area contributed by atoms with Crippen molar-refractivity contribution in [1.82, 2.24) is 25.5 Å².